The van der Waals surface area contributed by atoms with Crippen LogP contribution in [0.15, 0.2) is 0 Å². The lowest BCUT2D eigenvalue weighted by Gasteiger charge is -2.29. The first-order valence-corrected chi connectivity index (χ1v) is 10.2. The third-order valence-electron chi connectivity index (χ3n) is 5.24. The van der Waals surface area contributed by atoms with Gasteiger partial charge in [0, 0.05) is 16.5 Å². The standard InChI is InChI=1S/C18H35NS/c1-19-17-14-8-6-4-2-3-5-7-9-15-18(17)20-16-12-10-11-13-16/h16-19H,2-15H2,1H3. The highest BCUT2D eigenvalue weighted by molar-refractivity contribution is 8.00. The van der Waals surface area contributed by atoms with Crippen LogP contribution in [-0.2, 0) is 0 Å². The van der Waals surface area contributed by atoms with Crippen LogP contribution in [0.1, 0.15) is 89.9 Å². The summed E-state index contributed by atoms with van der Waals surface area (Å²) in [5.74, 6) is 0. The van der Waals surface area contributed by atoms with Crippen LogP contribution in [-0.4, -0.2) is 23.6 Å². The molecule has 1 nitrogen and oxygen atoms in total. The zero-order chi connectivity index (χ0) is 14.0. The highest BCUT2D eigenvalue weighted by Crippen LogP contribution is 2.36. The van der Waals surface area contributed by atoms with Gasteiger partial charge >= 0.3 is 0 Å². The fraction of sp³-hybridized carbons (Fsp3) is 1.00. The molecule has 2 aliphatic rings. The average molecular weight is 298 g/mol. The van der Waals surface area contributed by atoms with E-state index in [1.807, 2.05) is 0 Å². The number of nitrogens with one attached hydrogen (secondary N) is 1. The maximum absolute atomic E-state index is 3.66. The second-order valence-corrected chi connectivity index (χ2v) is 8.43. The Bertz CT molecular complexity index is 238. The first kappa shape index (κ1) is 16.7. The SMILES string of the molecule is CNC1CCCCCCCCCCC1SC1CCCC1. The summed E-state index contributed by atoms with van der Waals surface area (Å²) in [6, 6.07) is 0.764. The van der Waals surface area contributed by atoms with Gasteiger partial charge in [0.15, 0.2) is 0 Å². The van der Waals surface area contributed by atoms with E-state index in [1.165, 1.54) is 89.9 Å². The Hall–Kier alpha value is 0.310. The summed E-state index contributed by atoms with van der Waals surface area (Å²) in [5.41, 5.74) is 0. The normalized spacial score (nSPS) is 31.6. The van der Waals surface area contributed by atoms with Crippen molar-refractivity contribution in [1.29, 1.82) is 0 Å². The van der Waals surface area contributed by atoms with Gasteiger partial charge in [-0.15, -0.1) is 0 Å². The van der Waals surface area contributed by atoms with Gasteiger partial charge < -0.3 is 5.32 Å². The molecule has 2 rings (SSSR count). The van der Waals surface area contributed by atoms with Crippen molar-refractivity contribution in [2.45, 2.75) is 106 Å². The summed E-state index contributed by atoms with van der Waals surface area (Å²) in [6.07, 6.45) is 20.5. The lowest BCUT2D eigenvalue weighted by Crippen LogP contribution is -2.36. The Kier molecular flexibility index (Phi) is 8.43. The second-order valence-electron chi connectivity index (χ2n) is 6.88. The molecule has 1 N–H and O–H groups in total. The molecular formula is C18H35NS. The van der Waals surface area contributed by atoms with Gasteiger partial charge in [-0.1, -0.05) is 64.2 Å². The Morgan fingerprint density at radius 1 is 0.650 bits per heavy atom. The van der Waals surface area contributed by atoms with E-state index in [0.29, 0.717) is 0 Å². The smallest absolute Gasteiger partial charge is 0.0203 e. The molecule has 2 aliphatic carbocycles. The van der Waals surface area contributed by atoms with Crippen LogP contribution in [0.4, 0.5) is 0 Å². The van der Waals surface area contributed by atoms with Gasteiger partial charge in [0.2, 0.25) is 0 Å². The highest BCUT2D eigenvalue weighted by Gasteiger charge is 2.25. The van der Waals surface area contributed by atoms with Gasteiger partial charge in [-0.3, -0.25) is 0 Å². The fourth-order valence-corrected chi connectivity index (χ4v) is 5.79. The van der Waals surface area contributed by atoms with E-state index in [1.54, 1.807) is 0 Å². The van der Waals surface area contributed by atoms with Gasteiger partial charge in [-0.05, 0) is 32.7 Å². The van der Waals surface area contributed by atoms with Crippen LogP contribution in [0.3, 0.4) is 0 Å². The molecule has 0 aliphatic heterocycles. The minimum absolute atomic E-state index is 0.764. The lowest BCUT2D eigenvalue weighted by molar-refractivity contribution is 0.433. The van der Waals surface area contributed by atoms with Gasteiger partial charge in [0.25, 0.3) is 0 Å². The predicted molar refractivity (Wildman–Crippen MR) is 92.7 cm³/mol. The monoisotopic (exact) mass is 297 g/mol. The van der Waals surface area contributed by atoms with E-state index in [2.05, 4.69) is 24.1 Å². The molecule has 20 heavy (non-hydrogen) atoms. The lowest BCUT2D eigenvalue weighted by atomic mass is 9.97. The molecule has 0 radical (unpaired) electrons. The van der Waals surface area contributed by atoms with Crippen molar-refractivity contribution in [3.63, 3.8) is 0 Å². The summed E-state index contributed by atoms with van der Waals surface area (Å²) < 4.78 is 0. The zero-order valence-electron chi connectivity index (χ0n) is 13.5. The molecule has 0 aromatic heterocycles. The first-order valence-electron chi connectivity index (χ1n) is 9.23. The minimum Gasteiger partial charge on any atom is -0.316 e. The number of rotatable bonds is 3. The number of hydrogen-bond donors (Lipinski definition) is 1. The van der Waals surface area contributed by atoms with E-state index in [-0.39, 0.29) is 0 Å². The molecule has 2 atom stereocenters. The molecule has 2 heteroatoms. The molecule has 0 aromatic carbocycles. The van der Waals surface area contributed by atoms with E-state index in [9.17, 15) is 0 Å². The van der Waals surface area contributed by atoms with Crippen molar-refractivity contribution in [1.82, 2.24) is 5.32 Å². The maximum atomic E-state index is 3.66. The average Bonchev–Trinajstić information content (AvgIpc) is 2.95. The van der Waals surface area contributed by atoms with E-state index in [4.69, 9.17) is 0 Å². The Morgan fingerprint density at radius 3 is 1.75 bits per heavy atom. The van der Waals surface area contributed by atoms with Gasteiger partial charge in [0.05, 0.1) is 0 Å². The molecular weight excluding hydrogens is 262 g/mol. The molecule has 2 unspecified atom stereocenters. The van der Waals surface area contributed by atoms with Crippen LogP contribution in [0.25, 0.3) is 0 Å². The molecule has 0 saturated heterocycles. The summed E-state index contributed by atoms with van der Waals surface area (Å²) in [5, 5.41) is 5.51. The summed E-state index contributed by atoms with van der Waals surface area (Å²) >= 11 is 2.35. The predicted octanol–water partition coefficient (Wildman–Crippen LogP) is 5.53. The van der Waals surface area contributed by atoms with Crippen LogP contribution in [0.5, 0.6) is 0 Å². The quantitative estimate of drug-likeness (QED) is 0.734. The minimum atomic E-state index is 0.764. The third kappa shape index (κ3) is 5.97. The molecule has 118 valence electrons. The summed E-state index contributed by atoms with van der Waals surface area (Å²) in [7, 11) is 2.19. The second kappa shape index (κ2) is 10.1. The summed E-state index contributed by atoms with van der Waals surface area (Å²) in [4.78, 5) is 0. The van der Waals surface area contributed by atoms with Crippen LogP contribution in [0.2, 0.25) is 0 Å². The molecule has 0 spiro atoms. The highest BCUT2D eigenvalue weighted by atomic mass is 32.2. The molecule has 2 saturated carbocycles. The Morgan fingerprint density at radius 2 is 1.15 bits per heavy atom. The largest absolute Gasteiger partial charge is 0.316 e. The number of thioether (sulfide) groups is 1. The first-order chi connectivity index (χ1) is 9.90. The van der Waals surface area contributed by atoms with E-state index < -0.39 is 0 Å². The van der Waals surface area contributed by atoms with Crippen LogP contribution >= 0.6 is 11.8 Å². The van der Waals surface area contributed by atoms with Crippen molar-refractivity contribution >= 4 is 11.8 Å². The van der Waals surface area contributed by atoms with Crippen molar-refractivity contribution in [2.75, 3.05) is 7.05 Å². The molecule has 0 amide bonds. The summed E-state index contributed by atoms with van der Waals surface area (Å²) in [6.45, 7) is 0. The van der Waals surface area contributed by atoms with Crippen LogP contribution in [0, 0.1) is 0 Å². The van der Waals surface area contributed by atoms with Crippen molar-refractivity contribution in [3.05, 3.63) is 0 Å². The Balaban J connectivity index is 1.85. The van der Waals surface area contributed by atoms with E-state index >= 15 is 0 Å². The van der Waals surface area contributed by atoms with Gasteiger partial charge in [0.1, 0.15) is 0 Å². The van der Waals surface area contributed by atoms with E-state index in [0.717, 1.165) is 16.5 Å². The van der Waals surface area contributed by atoms with Crippen molar-refractivity contribution in [3.8, 4) is 0 Å². The van der Waals surface area contributed by atoms with Gasteiger partial charge in [-0.25, -0.2) is 0 Å². The van der Waals surface area contributed by atoms with Crippen molar-refractivity contribution in [2.24, 2.45) is 0 Å². The molecule has 2 fully saturated rings. The number of hydrogen-bond acceptors (Lipinski definition) is 2. The maximum Gasteiger partial charge on any atom is 0.0203 e. The fourth-order valence-electron chi connectivity index (χ4n) is 3.92. The topological polar surface area (TPSA) is 12.0 Å². The molecule has 0 aromatic rings. The zero-order valence-corrected chi connectivity index (χ0v) is 14.4. The van der Waals surface area contributed by atoms with Gasteiger partial charge in [-0.2, -0.15) is 11.8 Å². The Labute approximate surface area is 131 Å². The van der Waals surface area contributed by atoms with Crippen molar-refractivity contribution < 1.29 is 0 Å². The third-order valence-corrected chi connectivity index (χ3v) is 7.01. The van der Waals surface area contributed by atoms with Crippen LogP contribution < -0.4 is 5.32 Å². The molecule has 0 bridgehead atoms. The molecule has 0 heterocycles.